The van der Waals surface area contributed by atoms with E-state index >= 15 is 0 Å². The normalized spacial score (nSPS) is 15.1. The van der Waals surface area contributed by atoms with Crippen LogP contribution in [0.3, 0.4) is 0 Å². The van der Waals surface area contributed by atoms with E-state index in [2.05, 4.69) is 10.1 Å². The lowest BCUT2D eigenvalue weighted by atomic mass is 9.97. The quantitative estimate of drug-likeness (QED) is 0.821. The Morgan fingerprint density at radius 1 is 1.17 bits per heavy atom. The molecule has 0 aromatic heterocycles. The van der Waals surface area contributed by atoms with E-state index in [9.17, 15) is 14.4 Å². The van der Waals surface area contributed by atoms with Crippen LogP contribution in [0.2, 0.25) is 0 Å². The average molecular weight is 320 g/mol. The number of ether oxygens (including phenoxy) is 1. The fraction of sp³-hybridized carbons (Fsp3) is 0.438. The summed E-state index contributed by atoms with van der Waals surface area (Å²) in [7, 11) is 1.30. The predicted molar refractivity (Wildman–Crippen MR) is 82.4 cm³/mol. The lowest BCUT2D eigenvalue weighted by Crippen LogP contribution is -2.40. The first-order valence-corrected chi connectivity index (χ1v) is 7.45. The van der Waals surface area contributed by atoms with E-state index in [4.69, 9.17) is 5.11 Å². The summed E-state index contributed by atoms with van der Waals surface area (Å²) in [5.41, 5.74) is 0.866. The van der Waals surface area contributed by atoms with Crippen LogP contribution in [0, 0.1) is 5.92 Å². The number of methoxy groups -OCH3 is 1. The third kappa shape index (κ3) is 4.45. The molecule has 0 bridgehead atoms. The number of hydrogen-bond donors (Lipinski definition) is 2. The van der Waals surface area contributed by atoms with E-state index in [-0.39, 0.29) is 11.8 Å². The van der Waals surface area contributed by atoms with E-state index in [1.165, 1.54) is 12.0 Å². The van der Waals surface area contributed by atoms with Crippen LogP contribution in [-0.4, -0.2) is 54.7 Å². The van der Waals surface area contributed by atoms with Gasteiger partial charge in [0.25, 0.3) is 5.91 Å². The summed E-state index contributed by atoms with van der Waals surface area (Å²) >= 11 is 0. The molecule has 0 saturated carbocycles. The highest BCUT2D eigenvalue weighted by molar-refractivity contribution is 5.96. The molecule has 1 fully saturated rings. The van der Waals surface area contributed by atoms with Crippen molar-refractivity contribution in [2.24, 2.45) is 5.92 Å². The number of piperidine rings is 1. The highest BCUT2D eigenvalue weighted by Crippen LogP contribution is 2.16. The van der Waals surface area contributed by atoms with Crippen LogP contribution < -0.4 is 5.32 Å². The van der Waals surface area contributed by atoms with E-state index in [1.807, 2.05) is 0 Å². The van der Waals surface area contributed by atoms with Crippen molar-refractivity contribution < 1.29 is 24.2 Å². The van der Waals surface area contributed by atoms with Gasteiger partial charge < -0.3 is 20.1 Å². The summed E-state index contributed by atoms with van der Waals surface area (Å²) in [6, 6.07) is 6.25. The van der Waals surface area contributed by atoms with Crippen molar-refractivity contribution in [1.29, 1.82) is 0 Å². The number of likely N-dealkylation sites (tertiary alicyclic amines) is 1. The van der Waals surface area contributed by atoms with Crippen molar-refractivity contribution in [3.05, 3.63) is 35.4 Å². The van der Waals surface area contributed by atoms with Crippen LogP contribution >= 0.6 is 0 Å². The zero-order chi connectivity index (χ0) is 16.8. The van der Waals surface area contributed by atoms with E-state index in [1.54, 1.807) is 24.3 Å². The Bertz CT molecular complexity index is 577. The Hall–Kier alpha value is -2.57. The first-order chi connectivity index (χ1) is 11.0. The lowest BCUT2D eigenvalue weighted by Gasteiger charge is -2.29. The SMILES string of the molecule is COC(=O)c1ccc(C(=O)NCC2CCN(C(=O)O)CC2)cc1. The van der Waals surface area contributed by atoms with Crippen molar-refractivity contribution in [2.45, 2.75) is 12.8 Å². The molecule has 0 aliphatic carbocycles. The fourth-order valence-electron chi connectivity index (χ4n) is 2.54. The molecule has 1 heterocycles. The minimum atomic E-state index is -0.891. The van der Waals surface area contributed by atoms with Crippen molar-refractivity contribution >= 4 is 18.0 Å². The van der Waals surface area contributed by atoms with Crippen LogP contribution in [0.4, 0.5) is 4.79 Å². The van der Waals surface area contributed by atoms with Crippen LogP contribution in [0.1, 0.15) is 33.6 Å². The highest BCUT2D eigenvalue weighted by atomic mass is 16.5. The molecule has 0 spiro atoms. The molecule has 2 N–H and O–H groups in total. The summed E-state index contributed by atoms with van der Waals surface area (Å²) in [5, 5.41) is 11.7. The smallest absolute Gasteiger partial charge is 0.407 e. The fourth-order valence-corrected chi connectivity index (χ4v) is 2.54. The molecular formula is C16H20N2O5. The van der Waals surface area contributed by atoms with Crippen molar-refractivity contribution in [3.8, 4) is 0 Å². The first kappa shape index (κ1) is 16.8. The molecule has 1 aliphatic heterocycles. The van der Waals surface area contributed by atoms with Gasteiger partial charge in [-0.15, -0.1) is 0 Å². The number of hydrogen-bond acceptors (Lipinski definition) is 4. The minimum absolute atomic E-state index is 0.206. The van der Waals surface area contributed by atoms with E-state index < -0.39 is 12.1 Å². The molecule has 2 rings (SSSR count). The Labute approximate surface area is 134 Å². The second-order valence-corrected chi connectivity index (χ2v) is 5.49. The van der Waals surface area contributed by atoms with Crippen LogP contribution in [0.25, 0.3) is 0 Å². The number of carbonyl (C=O) groups excluding carboxylic acids is 2. The Kier molecular flexibility index (Phi) is 5.56. The Balaban J connectivity index is 1.81. The molecule has 0 unspecified atom stereocenters. The minimum Gasteiger partial charge on any atom is -0.465 e. The van der Waals surface area contributed by atoms with Gasteiger partial charge in [-0.1, -0.05) is 0 Å². The number of carboxylic acid groups (broad SMARTS) is 1. The number of carbonyl (C=O) groups is 3. The van der Waals surface area contributed by atoms with Gasteiger partial charge in [0.2, 0.25) is 0 Å². The molecule has 1 saturated heterocycles. The monoisotopic (exact) mass is 320 g/mol. The van der Waals surface area contributed by atoms with E-state index in [0.717, 1.165) is 12.8 Å². The zero-order valence-corrected chi connectivity index (χ0v) is 12.9. The second kappa shape index (κ2) is 7.62. The van der Waals surface area contributed by atoms with Gasteiger partial charge in [-0.3, -0.25) is 4.79 Å². The van der Waals surface area contributed by atoms with Gasteiger partial charge in [-0.05, 0) is 43.0 Å². The molecule has 1 aliphatic rings. The average Bonchev–Trinajstić information content (AvgIpc) is 2.59. The molecular weight excluding hydrogens is 300 g/mol. The summed E-state index contributed by atoms with van der Waals surface area (Å²) in [5.74, 6) is -0.367. The van der Waals surface area contributed by atoms with Crippen molar-refractivity contribution in [1.82, 2.24) is 10.2 Å². The van der Waals surface area contributed by atoms with Crippen molar-refractivity contribution in [2.75, 3.05) is 26.7 Å². The van der Waals surface area contributed by atoms with Gasteiger partial charge in [-0.2, -0.15) is 0 Å². The molecule has 124 valence electrons. The Morgan fingerprint density at radius 3 is 2.26 bits per heavy atom. The maximum absolute atomic E-state index is 12.1. The van der Waals surface area contributed by atoms with Gasteiger partial charge in [0.15, 0.2) is 0 Å². The standard InChI is InChI=1S/C16H20N2O5/c1-23-15(20)13-4-2-12(3-5-13)14(19)17-10-11-6-8-18(9-7-11)16(21)22/h2-5,11H,6-10H2,1H3,(H,17,19)(H,21,22). The molecule has 7 nitrogen and oxygen atoms in total. The molecule has 23 heavy (non-hydrogen) atoms. The summed E-state index contributed by atoms with van der Waals surface area (Å²) in [4.78, 5) is 35.6. The number of esters is 1. The van der Waals surface area contributed by atoms with Gasteiger partial charge >= 0.3 is 12.1 Å². The molecule has 1 aromatic rings. The lowest BCUT2D eigenvalue weighted by molar-refractivity contribution is 0.0600. The molecule has 0 atom stereocenters. The summed E-state index contributed by atoms with van der Waals surface area (Å²) in [6.07, 6.45) is 0.597. The predicted octanol–water partition coefficient (Wildman–Crippen LogP) is 1.59. The molecule has 2 amide bonds. The third-order valence-corrected chi connectivity index (χ3v) is 4.00. The van der Waals surface area contributed by atoms with Crippen LogP contribution in [-0.2, 0) is 4.74 Å². The van der Waals surface area contributed by atoms with Crippen LogP contribution in [0.5, 0.6) is 0 Å². The summed E-state index contributed by atoms with van der Waals surface area (Å²) in [6.45, 7) is 1.53. The Morgan fingerprint density at radius 2 is 1.74 bits per heavy atom. The number of nitrogens with one attached hydrogen (secondary N) is 1. The topological polar surface area (TPSA) is 95.9 Å². The van der Waals surface area contributed by atoms with E-state index in [0.29, 0.717) is 30.8 Å². The third-order valence-electron chi connectivity index (χ3n) is 4.00. The van der Waals surface area contributed by atoms with Gasteiger partial charge in [0.1, 0.15) is 0 Å². The second-order valence-electron chi connectivity index (χ2n) is 5.49. The highest BCUT2D eigenvalue weighted by Gasteiger charge is 2.22. The largest absolute Gasteiger partial charge is 0.465 e. The maximum Gasteiger partial charge on any atom is 0.407 e. The number of rotatable bonds is 4. The molecule has 0 radical (unpaired) electrons. The molecule has 1 aromatic carbocycles. The number of amides is 2. The van der Waals surface area contributed by atoms with Gasteiger partial charge in [0, 0.05) is 25.2 Å². The summed E-state index contributed by atoms with van der Waals surface area (Å²) < 4.78 is 4.60. The molecule has 7 heteroatoms. The zero-order valence-electron chi connectivity index (χ0n) is 12.9. The number of nitrogens with zero attached hydrogens (tertiary/aromatic N) is 1. The number of benzene rings is 1. The maximum atomic E-state index is 12.1. The van der Waals surface area contributed by atoms with Gasteiger partial charge in [-0.25, -0.2) is 9.59 Å². The van der Waals surface area contributed by atoms with Crippen molar-refractivity contribution in [3.63, 3.8) is 0 Å². The van der Waals surface area contributed by atoms with Crippen LogP contribution in [0.15, 0.2) is 24.3 Å². The first-order valence-electron chi connectivity index (χ1n) is 7.45. The van der Waals surface area contributed by atoms with Gasteiger partial charge in [0.05, 0.1) is 12.7 Å².